The third-order valence-electron chi connectivity index (χ3n) is 2.94. The number of ether oxygens (including phenoxy) is 2. The monoisotopic (exact) mass is 316 g/mol. The Morgan fingerprint density at radius 3 is 1.43 bits per heavy atom. The average molecular weight is 316 g/mol. The van der Waals surface area contributed by atoms with Crippen LogP contribution in [0.5, 0.6) is 0 Å². The summed E-state index contributed by atoms with van der Waals surface area (Å²) in [5.41, 5.74) is 0.775. The highest BCUT2D eigenvalue weighted by molar-refractivity contribution is 5.91. The highest BCUT2D eigenvalue weighted by Crippen LogP contribution is 2.16. The van der Waals surface area contributed by atoms with Crippen LogP contribution < -0.4 is 0 Å². The fourth-order valence-corrected chi connectivity index (χ4v) is 1.82. The zero-order valence-corrected chi connectivity index (χ0v) is 12.2. The van der Waals surface area contributed by atoms with Crippen LogP contribution in [0.1, 0.15) is 30.1 Å². The molecular formula is C17H16O6. The Bertz CT molecular complexity index is 583. The SMILES string of the molecule is O=C(CC(=O)OC(O)c1ccccc1)OC(O)c1ccccc1. The normalized spacial score (nSPS) is 13.0. The highest BCUT2D eigenvalue weighted by atomic mass is 16.6. The summed E-state index contributed by atoms with van der Waals surface area (Å²) in [4.78, 5) is 23.2. The topological polar surface area (TPSA) is 93.1 Å². The predicted molar refractivity (Wildman–Crippen MR) is 79.6 cm³/mol. The van der Waals surface area contributed by atoms with Crippen LogP contribution in [-0.2, 0) is 19.1 Å². The number of carbonyl (C=O) groups excluding carboxylic acids is 2. The first-order valence-electron chi connectivity index (χ1n) is 6.91. The summed E-state index contributed by atoms with van der Waals surface area (Å²) in [5, 5.41) is 19.4. The first-order valence-corrected chi connectivity index (χ1v) is 6.91. The van der Waals surface area contributed by atoms with Gasteiger partial charge in [0.05, 0.1) is 0 Å². The van der Waals surface area contributed by atoms with E-state index >= 15 is 0 Å². The maximum atomic E-state index is 11.6. The molecule has 0 radical (unpaired) electrons. The number of carbonyl (C=O) groups is 2. The molecule has 0 aliphatic heterocycles. The van der Waals surface area contributed by atoms with Crippen LogP contribution in [0.3, 0.4) is 0 Å². The summed E-state index contributed by atoms with van der Waals surface area (Å²) in [6, 6.07) is 16.5. The first-order chi connectivity index (χ1) is 11.1. The van der Waals surface area contributed by atoms with Gasteiger partial charge in [-0.3, -0.25) is 9.59 Å². The Morgan fingerprint density at radius 2 is 1.09 bits per heavy atom. The van der Waals surface area contributed by atoms with E-state index in [1.807, 2.05) is 0 Å². The van der Waals surface area contributed by atoms with Gasteiger partial charge < -0.3 is 19.7 Å². The molecule has 2 rings (SSSR count). The molecule has 0 saturated carbocycles. The number of benzene rings is 2. The van der Waals surface area contributed by atoms with Crippen LogP contribution in [0.15, 0.2) is 60.7 Å². The van der Waals surface area contributed by atoms with Crippen LogP contribution >= 0.6 is 0 Å². The van der Waals surface area contributed by atoms with Gasteiger partial charge in [-0.15, -0.1) is 0 Å². The lowest BCUT2D eigenvalue weighted by Crippen LogP contribution is -2.18. The number of aliphatic hydroxyl groups excluding tert-OH is 2. The smallest absolute Gasteiger partial charge is 0.319 e. The lowest BCUT2D eigenvalue weighted by Gasteiger charge is -2.14. The van der Waals surface area contributed by atoms with E-state index in [4.69, 9.17) is 9.47 Å². The molecule has 6 heteroatoms. The number of hydrogen-bond acceptors (Lipinski definition) is 6. The molecule has 2 unspecified atom stereocenters. The van der Waals surface area contributed by atoms with E-state index in [1.165, 1.54) is 0 Å². The summed E-state index contributed by atoms with van der Waals surface area (Å²) in [6.07, 6.45) is -3.64. The molecule has 0 aromatic heterocycles. The highest BCUT2D eigenvalue weighted by Gasteiger charge is 2.20. The Balaban J connectivity index is 1.82. The van der Waals surface area contributed by atoms with E-state index in [0.717, 1.165) is 0 Å². The predicted octanol–water partition coefficient (Wildman–Crippen LogP) is 1.85. The molecule has 2 atom stereocenters. The van der Waals surface area contributed by atoms with E-state index in [9.17, 15) is 19.8 Å². The largest absolute Gasteiger partial charge is 0.431 e. The molecular weight excluding hydrogens is 300 g/mol. The van der Waals surface area contributed by atoms with Crippen molar-refractivity contribution in [2.45, 2.75) is 19.0 Å². The van der Waals surface area contributed by atoms with Gasteiger partial charge >= 0.3 is 11.9 Å². The van der Waals surface area contributed by atoms with Crippen LogP contribution in [-0.4, -0.2) is 22.2 Å². The second-order valence-corrected chi connectivity index (χ2v) is 4.68. The molecule has 120 valence electrons. The van der Waals surface area contributed by atoms with Crippen molar-refractivity contribution in [1.82, 2.24) is 0 Å². The van der Waals surface area contributed by atoms with Gasteiger partial charge in [0, 0.05) is 11.1 Å². The van der Waals surface area contributed by atoms with Gasteiger partial charge in [-0.2, -0.15) is 0 Å². The Kier molecular flexibility index (Phi) is 5.85. The maximum absolute atomic E-state index is 11.6. The van der Waals surface area contributed by atoms with Gasteiger partial charge in [-0.1, -0.05) is 60.7 Å². The van der Waals surface area contributed by atoms with Crippen LogP contribution in [0.4, 0.5) is 0 Å². The summed E-state index contributed by atoms with van der Waals surface area (Å²) >= 11 is 0. The van der Waals surface area contributed by atoms with Gasteiger partial charge in [0.25, 0.3) is 0 Å². The minimum Gasteiger partial charge on any atom is -0.431 e. The molecule has 0 saturated heterocycles. The standard InChI is InChI=1S/C17H16O6/c18-14(22-16(20)12-7-3-1-4-8-12)11-15(19)23-17(21)13-9-5-2-6-10-13/h1-10,16-17,20-21H,11H2. The molecule has 0 aliphatic rings. The van der Waals surface area contributed by atoms with E-state index in [2.05, 4.69) is 0 Å². The second kappa shape index (κ2) is 8.07. The summed E-state index contributed by atoms with van der Waals surface area (Å²) in [6.45, 7) is 0. The van der Waals surface area contributed by atoms with Crippen LogP contribution in [0.2, 0.25) is 0 Å². The average Bonchev–Trinajstić information content (AvgIpc) is 2.56. The molecule has 0 bridgehead atoms. The van der Waals surface area contributed by atoms with Crippen LogP contribution in [0, 0.1) is 0 Å². The zero-order valence-electron chi connectivity index (χ0n) is 12.2. The molecule has 6 nitrogen and oxygen atoms in total. The van der Waals surface area contributed by atoms with Crippen molar-refractivity contribution in [2.24, 2.45) is 0 Å². The summed E-state index contributed by atoms with van der Waals surface area (Å²) < 4.78 is 9.46. The minimum atomic E-state index is -1.46. The third kappa shape index (κ3) is 5.21. The van der Waals surface area contributed by atoms with Crippen molar-refractivity contribution in [1.29, 1.82) is 0 Å². The molecule has 2 N–H and O–H groups in total. The van der Waals surface area contributed by atoms with Crippen molar-refractivity contribution in [2.75, 3.05) is 0 Å². The molecule has 0 amide bonds. The quantitative estimate of drug-likeness (QED) is 0.480. The maximum Gasteiger partial charge on any atom is 0.319 e. The Hall–Kier alpha value is -2.70. The summed E-state index contributed by atoms with van der Waals surface area (Å²) in [5.74, 6) is -1.90. The van der Waals surface area contributed by atoms with Crippen molar-refractivity contribution in [3.8, 4) is 0 Å². The van der Waals surface area contributed by atoms with Gasteiger partial charge in [0.15, 0.2) is 0 Å². The van der Waals surface area contributed by atoms with Crippen molar-refractivity contribution < 1.29 is 29.3 Å². The van der Waals surface area contributed by atoms with E-state index < -0.39 is 30.9 Å². The molecule has 0 heterocycles. The van der Waals surface area contributed by atoms with E-state index in [-0.39, 0.29) is 0 Å². The molecule has 0 aliphatic carbocycles. The third-order valence-corrected chi connectivity index (χ3v) is 2.94. The van der Waals surface area contributed by atoms with E-state index in [0.29, 0.717) is 11.1 Å². The molecule has 0 fully saturated rings. The number of esters is 2. The molecule has 23 heavy (non-hydrogen) atoms. The Labute approximate surface area is 132 Å². The van der Waals surface area contributed by atoms with Crippen molar-refractivity contribution in [3.05, 3.63) is 71.8 Å². The van der Waals surface area contributed by atoms with Gasteiger partial charge in [-0.05, 0) is 0 Å². The molecule has 2 aromatic rings. The van der Waals surface area contributed by atoms with E-state index in [1.54, 1.807) is 60.7 Å². The van der Waals surface area contributed by atoms with Crippen molar-refractivity contribution >= 4 is 11.9 Å². The fraction of sp³-hybridized carbons (Fsp3) is 0.176. The second-order valence-electron chi connectivity index (χ2n) is 4.68. The van der Waals surface area contributed by atoms with Crippen molar-refractivity contribution in [3.63, 3.8) is 0 Å². The number of rotatable bonds is 6. The van der Waals surface area contributed by atoms with Gasteiger partial charge in [0.2, 0.25) is 12.6 Å². The van der Waals surface area contributed by atoms with Crippen LogP contribution in [0.25, 0.3) is 0 Å². The minimum absolute atomic E-state index is 0.388. The lowest BCUT2D eigenvalue weighted by molar-refractivity contribution is -0.180. The Morgan fingerprint density at radius 1 is 0.739 bits per heavy atom. The number of aliphatic hydroxyl groups is 2. The summed E-state index contributed by atoms with van der Waals surface area (Å²) in [7, 11) is 0. The molecule has 2 aromatic carbocycles. The molecule has 0 spiro atoms. The van der Waals surface area contributed by atoms with Gasteiger partial charge in [-0.25, -0.2) is 0 Å². The number of hydrogen-bond donors (Lipinski definition) is 2. The fourth-order valence-electron chi connectivity index (χ4n) is 1.82. The first kappa shape index (κ1) is 16.7. The lowest BCUT2D eigenvalue weighted by atomic mass is 10.2. The zero-order chi connectivity index (χ0) is 16.7. The van der Waals surface area contributed by atoms with Gasteiger partial charge in [0.1, 0.15) is 6.42 Å².